The zero-order valence-corrected chi connectivity index (χ0v) is 13.6. The maximum Gasteiger partial charge on any atom is 0.274 e. The molecule has 0 saturated carbocycles. The van der Waals surface area contributed by atoms with E-state index in [1.165, 1.54) is 11.1 Å². The van der Waals surface area contributed by atoms with E-state index in [1.54, 1.807) is 30.0 Å². The van der Waals surface area contributed by atoms with Crippen LogP contribution in [0.3, 0.4) is 0 Å². The first-order chi connectivity index (χ1) is 12.3. The highest BCUT2D eigenvalue weighted by Crippen LogP contribution is 2.21. The smallest absolute Gasteiger partial charge is 0.274 e. The van der Waals surface area contributed by atoms with Crippen molar-refractivity contribution in [3.63, 3.8) is 0 Å². The number of hydroxylamine groups is 1. The third kappa shape index (κ3) is 4.50. The van der Waals surface area contributed by atoms with Crippen LogP contribution in [0.4, 0.5) is 0 Å². The van der Waals surface area contributed by atoms with Crippen molar-refractivity contribution in [1.82, 2.24) is 15.8 Å². The Morgan fingerprint density at radius 1 is 0.880 bits per heavy atom. The molecule has 5 nitrogen and oxygen atoms in total. The second kappa shape index (κ2) is 8.19. The summed E-state index contributed by atoms with van der Waals surface area (Å²) >= 11 is 0. The molecule has 0 aliphatic rings. The van der Waals surface area contributed by atoms with Gasteiger partial charge in [0.15, 0.2) is 0 Å². The van der Waals surface area contributed by atoms with Gasteiger partial charge in [0.1, 0.15) is 0 Å². The summed E-state index contributed by atoms with van der Waals surface area (Å²) in [6.45, 7) is 1.55. The van der Waals surface area contributed by atoms with Crippen molar-refractivity contribution in [3.8, 4) is 11.1 Å². The van der Waals surface area contributed by atoms with Gasteiger partial charge in [-0.15, -0.1) is 0 Å². The van der Waals surface area contributed by atoms with Crippen LogP contribution in [0.2, 0.25) is 0 Å². The van der Waals surface area contributed by atoms with Gasteiger partial charge in [-0.1, -0.05) is 30.3 Å². The largest absolute Gasteiger partial charge is 0.309 e. The van der Waals surface area contributed by atoms with Crippen LogP contribution in [0.1, 0.15) is 21.5 Å². The van der Waals surface area contributed by atoms with Crippen LogP contribution >= 0.6 is 0 Å². The molecule has 0 fully saturated rings. The normalized spacial score (nSPS) is 10.4. The number of benzene rings is 2. The number of rotatable bonds is 6. The Hall–Kier alpha value is -3.02. The predicted octanol–water partition coefficient (Wildman–Crippen LogP) is 3.16. The standard InChI is InChI=1S/C20H19N3O2/c24-20(23-25)18-6-4-17(5-7-18)19-3-1-2-16(12-19)14-22-13-15-8-10-21-11-9-15/h1-12,22,25H,13-14H2,(H,23,24). The lowest BCUT2D eigenvalue weighted by Gasteiger charge is -2.08. The fourth-order valence-corrected chi connectivity index (χ4v) is 2.59. The molecule has 0 radical (unpaired) electrons. The molecular formula is C20H19N3O2. The van der Waals surface area contributed by atoms with E-state index in [2.05, 4.69) is 22.4 Å². The molecule has 1 amide bonds. The number of hydrogen-bond acceptors (Lipinski definition) is 4. The maximum atomic E-state index is 11.4. The number of amides is 1. The summed E-state index contributed by atoms with van der Waals surface area (Å²) in [6, 6.07) is 19.4. The maximum absolute atomic E-state index is 11.4. The molecular weight excluding hydrogens is 314 g/mol. The van der Waals surface area contributed by atoms with Gasteiger partial charge in [0.25, 0.3) is 5.91 Å². The van der Waals surface area contributed by atoms with E-state index in [9.17, 15) is 4.79 Å². The number of nitrogens with zero attached hydrogens (tertiary/aromatic N) is 1. The van der Waals surface area contributed by atoms with Crippen LogP contribution in [-0.2, 0) is 13.1 Å². The van der Waals surface area contributed by atoms with E-state index in [4.69, 9.17) is 5.21 Å². The second-order valence-electron chi connectivity index (χ2n) is 5.68. The minimum Gasteiger partial charge on any atom is -0.309 e. The van der Waals surface area contributed by atoms with Crippen molar-refractivity contribution in [2.75, 3.05) is 0 Å². The number of carbonyl (C=O) groups is 1. The van der Waals surface area contributed by atoms with E-state index in [1.807, 2.05) is 36.4 Å². The SMILES string of the molecule is O=C(NO)c1ccc(-c2cccc(CNCc3ccncc3)c2)cc1. The Bertz CT molecular complexity index is 833. The molecule has 0 aliphatic carbocycles. The number of pyridine rings is 1. The summed E-state index contributed by atoms with van der Waals surface area (Å²) in [4.78, 5) is 15.4. The molecule has 5 heteroatoms. The summed E-state index contributed by atoms with van der Waals surface area (Å²) in [5.41, 5.74) is 6.54. The van der Waals surface area contributed by atoms with E-state index in [0.717, 1.165) is 24.2 Å². The first-order valence-corrected chi connectivity index (χ1v) is 8.00. The Morgan fingerprint density at radius 3 is 2.32 bits per heavy atom. The van der Waals surface area contributed by atoms with Crippen LogP contribution in [0.15, 0.2) is 73.1 Å². The second-order valence-corrected chi connectivity index (χ2v) is 5.68. The summed E-state index contributed by atoms with van der Waals surface area (Å²) in [5, 5.41) is 12.1. The number of aromatic nitrogens is 1. The van der Waals surface area contributed by atoms with Crippen molar-refractivity contribution in [2.45, 2.75) is 13.1 Å². The highest BCUT2D eigenvalue weighted by Gasteiger charge is 2.05. The van der Waals surface area contributed by atoms with E-state index in [0.29, 0.717) is 5.56 Å². The molecule has 25 heavy (non-hydrogen) atoms. The first-order valence-electron chi connectivity index (χ1n) is 8.00. The fourth-order valence-electron chi connectivity index (χ4n) is 2.59. The van der Waals surface area contributed by atoms with E-state index < -0.39 is 5.91 Å². The van der Waals surface area contributed by atoms with Crippen molar-refractivity contribution >= 4 is 5.91 Å². The summed E-state index contributed by atoms with van der Waals surface area (Å²) in [7, 11) is 0. The van der Waals surface area contributed by atoms with Gasteiger partial charge < -0.3 is 5.32 Å². The lowest BCUT2D eigenvalue weighted by molar-refractivity contribution is 0.0706. The van der Waals surface area contributed by atoms with Gasteiger partial charge >= 0.3 is 0 Å². The minimum atomic E-state index is -0.513. The van der Waals surface area contributed by atoms with Crippen LogP contribution in [0, 0.1) is 0 Å². The average molecular weight is 333 g/mol. The minimum absolute atomic E-state index is 0.418. The van der Waals surface area contributed by atoms with Crippen LogP contribution in [0.25, 0.3) is 11.1 Å². The van der Waals surface area contributed by atoms with E-state index >= 15 is 0 Å². The Kier molecular flexibility index (Phi) is 5.51. The summed E-state index contributed by atoms with van der Waals surface area (Å²) < 4.78 is 0. The van der Waals surface area contributed by atoms with Crippen LogP contribution in [0.5, 0.6) is 0 Å². The van der Waals surface area contributed by atoms with Gasteiger partial charge in [0.2, 0.25) is 0 Å². The molecule has 1 heterocycles. The Morgan fingerprint density at radius 2 is 1.60 bits per heavy atom. The van der Waals surface area contributed by atoms with Crippen molar-refractivity contribution in [3.05, 3.63) is 89.7 Å². The molecule has 3 N–H and O–H groups in total. The monoisotopic (exact) mass is 333 g/mol. The topological polar surface area (TPSA) is 74.2 Å². The lowest BCUT2D eigenvalue weighted by atomic mass is 10.0. The molecule has 0 atom stereocenters. The quantitative estimate of drug-likeness (QED) is 0.478. The predicted molar refractivity (Wildman–Crippen MR) is 95.9 cm³/mol. The molecule has 0 aliphatic heterocycles. The highest BCUT2D eigenvalue weighted by molar-refractivity contribution is 5.93. The Balaban J connectivity index is 1.65. The molecule has 3 rings (SSSR count). The summed E-state index contributed by atoms with van der Waals surface area (Å²) in [6.07, 6.45) is 3.58. The van der Waals surface area contributed by atoms with Gasteiger partial charge in [0, 0.05) is 31.0 Å². The van der Waals surface area contributed by atoms with Crippen LogP contribution < -0.4 is 10.8 Å². The number of carbonyl (C=O) groups excluding carboxylic acids is 1. The van der Waals surface area contributed by atoms with Gasteiger partial charge in [-0.25, -0.2) is 5.48 Å². The van der Waals surface area contributed by atoms with Gasteiger partial charge in [0.05, 0.1) is 0 Å². The molecule has 1 aromatic heterocycles. The first kappa shape index (κ1) is 16.8. The van der Waals surface area contributed by atoms with Crippen molar-refractivity contribution in [2.24, 2.45) is 0 Å². The average Bonchev–Trinajstić information content (AvgIpc) is 2.68. The van der Waals surface area contributed by atoms with Crippen molar-refractivity contribution in [1.29, 1.82) is 0 Å². The molecule has 0 bridgehead atoms. The third-order valence-corrected chi connectivity index (χ3v) is 3.92. The zero-order valence-electron chi connectivity index (χ0n) is 13.6. The molecule has 0 unspecified atom stereocenters. The molecule has 126 valence electrons. The number of nitrogens with one attached hydrogen (secondary N) is 2. The lowest BCUT2D eigenvalue weighted by Crippen LogP contribution is -2.18. The molecule has 0 spiro atoms. The van der Waals surface area contributed by atoms with Gasteiger partial charge in [-0.05, 0) is 52.6 Å². The highest BCUT2D eigenvalue weighted by atomic mass is 16.5. The van der Waals surface area contributed by atoms with Crippen LogP contribution in [-0.4, -0.2) is 16.1 Å². The zero-order chi connectivity index (χ0) is 17.5. The van der Waals surface area contributed by atoms with E-state index in [-0.39, 0.29) is 0 Å². The summed E-state index contributed by atoms with van der Waals surface area (Å²) in [5.74, 6) is -0.513. The molecule has 2 aromatic carbocycles. The molecule has 0 saturated heterocycles. The van der Waals surface area contributed by atoms with Gasteiger partial charge in [-0.2, -0.15) is 0 Å². The molecule has 3 aromatic rings. The number of hydrogen-bond donors (Lipinski definition) is 3. The third-order valence-electron chi connectivity index (χ3n) is 3.92. The van der Waals surface area contributed by atoms with Gasteiger partial charge in [-0.3, -0.25) is 15.0 Å². The Labute approximate surface area is 146 Å². The fraction of sp³-hybridized carbons (Fsp3) is 0.100. The van der Waals surface area contributed by atoms with Crippen molar-refractivity contribution < 1.29 is 10.0 Å².